The van der Waals surface area contributed by atoms with E-state index in [0.717, 1.165) is 13.0 Å². The van der Waals surface area contributed by atoms with Crippen LogP contribution in [0.2, 0.25) is 18.1 Å². The van der Waals surface area contributed by atoms with Crippen LogP contribution in [0.1, 0.15) is 108 Å². The van der Waals surface area contributed by atoms with Crippen molar-refractivity contribution in [3.05, 3.63) is 107 Å². The molecule has 0 radical (unpaired) electrons. The van der Waals surface area contributed by atoms with Gasteiger partial charge in [-0.3, -0.25) is 0 Å². The molecule has 0 saturated heterocycles. The molecule has 0 spiro atoms. The van der Waals surface area contributed by atoms with Crippen LogP contribution in [-0.2, 0) is 11.8 Å². The van der Waals surface area contributed by atoms with Crippen molar-refractivity contribution >= 4 is 19.0 Å². The summed E-state index contributed by atoms with van der Waals surface area (Å²) in [5.74, 6) is 2.45. The van der Waals surface area contributed by atoms with Gasteiger partial charge in [0.05, 0.1) is 19.4 Å². The van der Waals surface area contributed by atoms with E-state index in [1.807, 2.05) is 0 Å². The largest absolute Gasteiger partial charge is 0.376 e. The van der Waals surface area contributed by atoms with Crippen molar-refractivity contribution in [1.82, 2.24) is 4.57 Å². The number of ether oxygens (including phenoxy) is 1. The fourth-order valence-corrected chi connectivity index (χ4v) is 17.1. The Kier molecular flexibility index (Phi) is 10.4. The van der Waals surface area contributed by atoms with Crippen molar-refractivity contribution in [3.63, 3.8) is 0 Å². The molecule has 1 aromatic heterocycles. The first kappa shape index (κ1) is 35.5. The quantitative estimate of drug-likeness (QED) is 0.122. The number of allylic oxidation sites excluding steroid dienone is 8. The first-order valence-electron chi connectivity index (χ1n) is 20.2. The van der Waals surface area contributed by atoms with E-state index in [0.29, 0.717) is 34.8 Å². The lowest BCUT2D eigenvalue weighted by Gasteiger charge is -2.45. The zero-order chi connectivity index (χ0) is 35.0. The Morgan fingerprint density at radius 3 is 2.36 bits per heavy atom. The molecule has 7 unspecified atom stereocenters. The number of rotatable bonds is 14. The monoisotopic (exact) mass is 685 g/mol. The number of hydrogen-bond acceptors (Lipinski definition) is 1. The van der Waals surface area contributed by atoms with Crippen LogP contribution < -0.4 is 0 Å². The maximum Gasteiger partial charge on any atom is 0.0678 e. The highest BCUT2D eigenvalue weighted by molar-refractivity contribution is 6.82. The third-order valence-corrected chi connectivity index (χ3v) is 18.6. The summed E-state index contributed by atoms with van der Waals surface area (Å²) in [5.41, 5.74) is 11.8. The van der Waals surface area contributed by atoms with Gasteiger partial charge in [0.2, 0.25) is 0 Å². The van der Waals surface area contributed by atoms with Crippen LogP contribution >= 0.6 is 0 Å². The van der Waals surface area contributed by atoms with Gasteiger partial charge in [-0.15, -0.1) is 0 Å². The van der Waals surface area contributed by atoms with E-state index in [1.54, 1.807) is 16.7 Å². The zero-order valence-electron chi connectivity index (χ0n) is 32.2. The van der Waals surface area contributed by atoms with Crippen molar-refractivity contribution in [3.8, 4) is 11.3 Å². The van der Waals surface area contributed by atoms with Crippen LogP contribution in [0.5, 0.6) is 0 Å². The van der Waals surface area contributed by atoms with Crippen molar-refractivity contribution in [1.29, 1.82) is 0 Å². The highest BCUT2D eigenvalue weighted by atomic mass is 28.3. The van der Waals surface area contributed by atoms with Gasteiger partial charge >= 0.3 is 0 Å². The van der Waals surface area contributed by atoms with Gasteiger partial charge in [-0.25, -0.2) is 0 Å². The number of aromatic nitrogens is 1. The van der Waals surface area contributed by atoms with Gasteiger partial charge < -0.3 is 9.30 Å². The van der Waals surface area contributed by atoms with Gasteiger partial charge in [0.25, 0.3) is 0 Å². The molecule has 1 heterocycles. The molecule has 7 atom stereocenters. The average Bonchev–Trinajstić information content (AvgIpc) is 3.71. The second-order valence-electron chi connectivity index (χ2n) is 17.5. The predicted molar refractivity (Wildman–Crippen MR) is 218 cm³/mol. The lowest BCUT2D eigenvalue weighted by atomic mass is 9.81. The molecule has 266 valence electrons. The van der Waals surface area contributed by atoms with Crippen molar-refractivity contribution in [2.75, 3.05) is 6.61 Å². The first-order chi connectivity index (χ1) is 24.1. The van der Waals surface area contributed by atoms with E-state index in [2.05, 4.69) is 138 Å². The van der Waals surface area contributed by atoms with Gasteiger partial charge in [-0.2, -0.15) is 0 Å². The van der Waals surface area contributed by atoms with Crippen molar-refractivity contribution in [2.45, 2.75) is 122 Å². The number of fused-ring (bicyclic) bond motifs is 8. The molecule has 0 bridgehead atoms. The molecule has 0 amide bonds. The van der Waals surface area contributed by atoms with Gasteiger partial charge in [-0.05, 0) is 99.4 Å². The summed E-state index contributed by atoms with van der Waals surface area (Å²) in [7, 11) is 0.220. The summed E-state index contributed by atoms with van der Waals surface area (Å²) in [6.45, 7) is 14.9. The minimum atomic E-state index is -2.10. The number of hydrogen-bond donors (Lipinski definition) is 0. The van der Waals surface area contributed by atoms with Crippen molar-refractivity contribution in [2.24, 2.45) is 30.7 Å². The van der Waals surface area contributed by atoms with Crippen LogP contribution in [0, 0.1) is 30.6 Å². The molecule has 2 nitrogen and oxygen atoms in total. The summed E-state index contributed by atoms with van der Waals surface area (Å²) in [6, 6.07) is 18.2. The number of aryl methyl sites for hydroxylation is 2. The molecule has 4 aliphatic carbocycles. The summed E-state index contributed by atoms with van der Waals surface area (Å²) in [6.07, 6.45) is 29.6. The Balaban J connectivity index is 1.31. The second-order valence-corrected chi connectivity index (χ2v) is 22.3. The standard InChI is InChI=1S/C47H63NOSi/c1-8-9-10-13-20-34-26-27-36-35-21-14-16-23-38(35)45(40(36)32-34)50(7,30-19-12-11-18-29-49-47(3,4)5)46-39-24-17-15-22-37(39)44-43(46)41-31-33(2)25-28-42(41)48(44)6/h14-17,21-28,31-32,35-36,38,40,45-46H,8-13,18-20,29-30H2,1-7H3. The van der Waals surface area contributed by atoms with E-state index >= 15 is 0 Å². The molecule has 4 aliphatic rings. The van der Waals surface area contributed by atoms with E-state index in [1.165, 1.54) is 85.1 Å². The number of unbranched alkanes of at least 4 members (excludes halogenated alkanes) is 6. The van der Waals surface area contributed by atoms with Gasteiger partial charge in [0.1, 0.15) is 0 Å². The minimum Gasteiger partial charge on any atom is -0.376 e. The lowest BCUT2D eigenvalue weighted by Crippen LogP contribution is -2.47. The molecule has 7 rings (SSSR count). The fraction of sp³-hybridized carbons (Fsp3) is 0.532. The van der Waals surface area contributed by atoms with Crippen LogP contribution in [0.25, 0.3) is 22.2 Å². The van der Waals surface area contributed by atoms with Crippen LogP contribution in [0.3, 0.4) is 0 Å². The number of nitrogens with zero attached hydrogens (tertiary/aromatic N) is 1. The third kappa shape index (κ3) is 6.63. The lowest BCUT2D eigenvalue weighted by molar-refractivity contribution is -0.00471. The van der Waals surface area contributed by atoms with E-state index in [4.69, 9.17) is 4.74 Å². The minimum absolute atomic E-state index is 0.0514. The van der Waals surface area contributed by atoms with E-state index in [9.17, 15) is 0 Å². The van der Waals surface area contributed by atoms with Gasteiger partial charge in [0, 0.05) is 35.7 Å². The van der Waals surface area contributed by atoms with Crippen LogP contribution in [-0.4, -0.2) is 24.8 Å². The Morgan fingerprint density at radius 2 is 1.56 bits per heavy atom. The third-order valence-electron chi connectivity index (χ3n) is 13.0. The first-order valence-corrected chi connectivity index (χ1v) is 23.0. The van der Waals surface area contributed by atoms with Crippen molar-refractivity contribution < 1.29 is 4.74 Å². The molecular formula is C47H63NOSi. The molecule has 3 aromatic rings. The molecule has 50 heavy (non-hydrogen) atoms. The van der Waals surface area contributed by atoms with E-state index < -0.39 is 8.07 Å². The fourth-order valence-electron chi connectivity index (χ4n) is 10.8. The highest BCUT2D eigenvalue weighted by Gasteiger charge is 2.59. The second kappa shape index (κ2) is 14.6. The molecule has 0 aliphatic heterocycles. The molecular weight excluding hydrogens is 623 g/mol. The smallest absolute Gasteiger partial charge is 0.0678 e. The zero-order valence-corrected chi connectivity index (χ0v) is 33.2. The Bertz CT molecular complexity index is 1800. The molecule has 3 heteroatoms. The molecule has 0 N–H and O–H groups in total. The SMILES string of the molecule is CCCCCCC1=CC2C(C=C1)C1C=CC=CC1C2[Si](C)(CCCCCCOC(C)(C)C)C1c2ccccc2-c2c1c1cc(C)ccc1n2C. The van der Waals surface area contributed by atoms with Crippen LogP contribution in [0.15, 0.2) is 90.6 Å². The summed E-state index contributed by atoms with van der Waals surface area (Å²) in [4.78, 5) is 0. The Hall–Kier alpha value is -2.88. The van der Waals surface area contributed by atoms with E-state index in [-0.39, 0.29) is 5.60 Å². The van der Waals surface area contributed by atoms with Gasteiger partial charge in [-0.1, -0.05) is 142 Å². The Labute approximate surface area is 304 Å². The predicted octanol–water partition coefficient (Wildman–Crippen LogP) is 13.0. The topological polar surface area (TPSA) is 14.2 Å². The maximum absolute atomic E-state index is 6.12. The molecule has 1 saturated carbocycles. The summed E-state index contributed by atoms with van der Waals surface area (Å²) >= 11 is 0. The molecule has 1 fully saturated rings. The maximum atomic E-state index is 6.12. The summed E-state index contributed by atoms with van der Waals surface area (Å²) < 4.78 is 8.66. The van der Waals surface area contributed by atoms with Crippen LogP contribution in [0.4, 0.5) is 0 Å². The Morgan fingerprint density at radius 1 is 0.820 bits per heavy atom. The van der Waals surface area contributed by atoms with Gasteiger partial charge in [0.15, 0.2) is 0 Å². The summed E-state index contributed by atoms with van der Waals surface area (Å²) in [5, 5.41) is 1.50. The normalized spacial score (nSPS) is 26.1. The number of benzene rings is 2. The average molecular weight is 686 g/mol. The highest BCUT2D eigenvalue weighted by Crippen LogP contribution is 2.65. The molecule has 2 aromatic carbocycles.